The van der Waals surface area contributed by atoms with Crippen LogP contribution < -0.4 is 9.47 Å². The third-order valence-corrected chi connectivity index (χ3v) is 4.14. The standard InChI is InChI=1S/C21H25NO5/c1-3-4-5-7-10-16(2)26-20-14-13-18(15-19(20)22(24)25)27-21(23)17-11-8-6-9-12-17/h6,8-9,11-16H,3-5,7,10H2,1-2H3/t16-/m0/s1. The highest BCUT2D eigenvalue weighted by molar-refractivity contribution is 5.91. The smallest absolute Gasteiger partial charge is 0.343 e. The number of nitrogens with zero attached hydrogens (tertiary/aromatic N) is 1. The van der Waals surface area contributed by atoms with Crippen molar-refractivity contribution in [1.82, 2.24) is 0 Å². The van der Waals surface area contributed by atoms with E-state index in [1.54, 1.807) is 30.3 Å². The molecule has 0 aliphatic rings. The molecule has 27 heavy (non-hydrogen) atoms. The number of benzene rings is 2. The molecule has 0 unspecified atom stereocenters. The van der Waals surface area contributed by atoms with Gasteiger partial charge in [-0.3, -0.25) is 10.1 Å². The van der Waals surface area contributed by atoms with E-state index in [4.69, 9.17) is 9.47 Å². The van der Waals surface area contributed by atoms with Crippen LogP contribution in [-0.2, 0) is 0 Å². The molecular weight excluding hydrogens is 346 g/mol. The van der Waals surface area contributed by atoms with Crippen LogP contribution >= 0.6 is 0 Å². The van der Waals surface area contributed by atoms with E-state index in [0.717, 1.165) is 25.7 Å². The molecule has 0 fully saturated rings. The molecule has 0 aromatic heterocycles. The molecule has 1 atom stereocenters. The van der Waals surface area contributed by atoms with Crippen LogP contribution in [0.25, 0.3) is 0 Å². The lowest BCUT2D eigenvalue weighted by molar-refractivity contribution is -0.386. The normalized spacial score (nSPS) is 11.6. The summed E-state index contributed by atoms with van der Waals surface area (Å²) < 4.78 is 11.0. The lowest BCUT2D eigenvalue weighted by Gasteiger charge is -2.15. The molecule has 0 aliphatic heterocycles. The summed E-state index contributed by atoms with van der Waals surface area (Å²) in [5.74, 6) is -0.274. The molecule has 2 aromatic carbocycles. The Balaban J connectivity index is 2.05. The SMILES string of the molecule is CCCCCC[C@H](C)Oc1ccc(OC(=O)c2ccccc2)cc1[N+](=O)[O-]. The highest BCUT2D eigenvalue weighted by atomic mass is 16.6. The molecular formula is C21H25NO5. The summed E-state index contributed by atoms with van der Waals surface area (Å²) in [5.41, 5.74) is 0.162. The monoisotopic (exact) mass is 371 g/mol. The van der Waals surface area contributed by atoms with E-state index in [0.29, 0.717) is 5.56 Å². The maximum Gasteiger partial charge on any atom is 0.343 e. The lowest BCUT2D eigenvalue weighted by Crippen LogP contribution is -2.13. The number of esters is 1. The van der Waals surface area contributed by atoms with E-state index in [1.165, 1.54) is 24.6 Å². The van der Waals surface area contributed by atoms with Crippen LogP contribution in [0.5, 0.6) is 11.5 Å². The van der Waals surface area contributed by atoms with Gasteiger partial charge >= 0.3 is 11.7 Å². The highest BCUT2D eigenvalue weighted by Crippen LogP contribution is 2.32. The van der Waals surface area contributed by atoms with Crippen molar-refractivity contribution in [2.45, 2.75) is 52.1 Å². The van der Waals surface area contributed by atoms with Gasteiger partial charge in [0.1, 0.15) is 5.75 Å². The number of carbonyl (C=O) groups excluding carboxylic acids is 1. The molecule has 0 saturated heterocycles. The van der Waals surface area contributed by atoms with Gasteiger partial charge < -0.3 is 9.47 Å². The van der Waals surface area contributed by atoms with E-state index < -0.39 is 10.9 Å². The number of rotatable bonds is 10. The van der Waals surface area contributed by atoms with Gasteiger partial charge in [0.25, 0.3) is 0 Å². The summed E-state index contributed by atoms with van der Waals surface area (Å²) in [6, 6.07) is 12.7. The molecule has 0 amide bonds. The Labute approximate surface area is 159 Å². The maximum atomic E-state index is 12.1. The lowest BCUT2D eigenvalue weighted by atomic mass is 10.1. The molecule has 0 bridgehead atoms. The summed E-state index contributed by atoms with van der Waals surface area (Å²) in [5, 5.41) is 11.4. The minimum Gasteiger partial charge on any atom is -0.484 e. The van der Waals surface area contributed by atoms with E-state index in [2.05, 4.69) is 6.92 Å². The number of nitro benzene ring substituents is 1. The minimum atomic E-state index is -0.567. The molecule has 6 nitrogen and oxygen atoms in total. The second-order valence-electron chi connectivity index (χ2n) is 6.42. The van der Waals surface area contributed by atoms with Crippen molar-refractivity contribution in [3.63, 3.8) is 0 Å². The number of unbranched alkanes of at least 4 members (excludes halogenated alkanes) is 3. The van der Waals surface area contributed by atoms with Gasteiger partial charge in [-0.25, -0.2) is 4.79 Å². The van der Waals surface area contributed by atoms with Crippen molar-refractivity contribution in [3.8, 4) is 11.5 Å². The Bertz CT molecular complexity index is 760. The maximum absolute atomic E-state index is 12.1. The fraction of sp³-hybridized carbons (Fsp3) is 0.381. The number of hydrogen-bond donors (Lipinski definition) is 0. The summed E-state index contributed by atoms with van der Waals surface area (Å²) >= 11 is 0. The molecule has 144 valence electrons. The molecule has 0 spiro atoms. The summed E-state index contributed by atoms with van der Waals surface area (Å²) in [7, 11) is 0. The predicted octanol–water partition coefficient (Wildman–Crippen LogP) is 5.55. The van der Waals surface area contributed by atoms with Crippen molar-refractivity contribution >= 4 is 11.7 Å². The van der Waals surface area contributed by atoms with Crippen LogP contribution in [0.4, 0.5) is 5.69 Å². The fourth-order valence-electron chi connectivity index (χ4n) is 2.68. The molecule has 2 aromatic rings. The largest absolute Gasteiger partial charge is 0.484 e. The Hall–Kier alpha value is -2.89. The van der Waals surface area contributed by atoms with Crippen molar-refractivity contribution < 1.29 is 19.2 Å². The zero-order chi connectivity index (χ0) is 19.6. The second-order valence-corrected chi connectivity index (χ2v) is 6.42. The van der Waals surface area contributed by atoms with Gasteiger partial charge in [-0.2, -0.15) is 0 Å². The topological polar surface area (TPSA) is 78.7 Å². The van der Waals surface area contributed by atoms with Crippen LogP contribution in [0.3, 0.4) is 0 Å². The molecule has 6 heteroatoms. The number of hydrogen-bond acceptors (Lipinski definition) is 5. The van der Waals surface area contributed by atoms with Crippen LogP contribution in [0.2, 0.25) is 0 Å². The Kier molecular flexibility index (Phi) is 7.79. The minimum absolute atomic E-state index is 0.110. The van der Waals surface area contributed by atoms with Crippen LogP contribution in [0.15, 0.2) is 48.5 Å². The number of ether oxygens (including phenoxy) is 2. The summed E-state index contributed by atoms with van der Waals surface area (Å²) in [4.78, 5) is 23.0. The van der Waals surface area contributed by atoms with E-state index in [1.807, 2.05) is 6.92 Å². The molecule has 2 rings (SSSR count). The van der Waals surface area contributed by atoms with Gasteiger partial charge in [0, 0.05) is 0 Å². The predicted molar refractivity (Wildman–Crippen MR) is 103 cm³/mol. The first-order valence-corrected chi connectivity index (χ1v) is 9.23. The summed E-state index contributed by atoms with van der Waals surface area (Å²) in [6.45, 7) is 4.05. The number of carbonyl (C=O) groups is 1. The molecule has 0 radical (unpaired) electrons. The third kappa shape index (κ3) is 6.40. The molecule has 0 heterocycles. The first-order valence-electron chi connectivity index (χ1n) is 9.23. The van der Waals surface area contributed by atoms with Gasteiger partial charge in [0.2, 0.25) is 0 Å². The van der Waals surface area contributed by atoms with Crippen molar-refractivity contribution in [2.24, 2.45) is 0 Å². The van der Waals surface area contributed by atoms with Crippen LogP contribution in [0, 0.1) is 10.1 Å². The van der Waals surface area contributed by atoms with Gasteiger partial charge in [0.15, 0.2) is 5.75 Å². The summed E-state index contributed by atoms with van der Waals surface area (Å²) in [6.07, 6.45) is 5.19. The van der Waals surface area contributed by atoms with Crippen LogP contribution in [-0.4, -0.2) is 17.0 Å². The van der Waals surface area contributed by atoms with Crippen molar-refractivity contribution in [2.75, 3.05) is 0 Å². The van der Waals surface area contributed by atoms with E-state index in [-0.39, 0.29) is 23.3 Å². The Morgan fingerprint density at radius 3 is 2.52 bits per heavy atom. The molecule has 0 aliphatic carbocycles. The molecule has 0 N–H and O–H groups in total. The zero-order valence-corrected chi connectivity index (χ0v) is 15.7. The average molecular weight is 371 g/mol. The van der Waals surface area contributed by atoms with Crippen LogP contribution in [0.1, 0.15) is 56.3 Å². The fourth-order valence-corrected chi connectivity index (χ4v) is 2.68. The Morgan fingerprint density at radius 2 is 1.85 bits per heavy atom. The molecule has 0 saturated carbocycles. The van der Waals surface area contributed by atoms with Gasteiger partial charge in [-0.05, 0) is 44.0 Å². The van der Waals surface area contributed by atoms with Crippen molar-refractivity contribution in [3.05, 3.63) is 64.2 Å². The quantitative estimate of drug-likeness (QED) is 0.180. The average Bonchev–Trinajstić information content (AvgIpc) is 2.67. The van der Waals surface area contributed by atoms with Gasteiger partial charge in [0.05, 0.1) is 22.7 Å². The van der Waals surface area contributed by atoms with E-state index in [9.17, 15) is 14.9 Å². The first kappa shape index (κ1) is 20.4. The van der Waals surface area contributed by atoms with Gasteiger partial charge in [-0.1, -0.05) is 44.4 Å². The highest BCUT2D eigenvalue weighted by Gasteiger charge is 2.20. The second kappa shape index (κ2) is 10.3. The number of nitro groups is 1. The van der Waals surface area contributed by atoms with Crippen molar-refractivity contribution in [1.29, 1.82) is 0 Å². The first-order chi connectivity index (χ1) is 13.0. The van der Waals surface area contributed by atoms with E-state index >= 15 is 0 Å². The van der Waals surface area contributed by atoms with Gasteiger partial charge in [-0.15, -0.1) is 0 Å². The third-order valence-electron chi connectivity index (χ3n) is 4.14. The Morgan fingerprint density at radius 1 is 1.11 bits per heavy atom. The zero-order valence-electron chi connectivity index (χ0n) is 15.7.